The molecule has 3 rings (SSSR count). The van der Waals surface area contributed by atoms with E-state index in [-0.39, 0.29) is 5.82 Å². The van der Waals surface area contributed by atoms with Gasteiger partial charge in [-0.25, -0.2) is 4.39 Å². The molecule has 1 atom stereocenters. The van der Waals surface area contributed by atoms with Gasteiger partial charge in [-0.05, 0) is 58.9 Å². The molecule has 4 heteroatoms. The second-order valence-corrected chi connectivity index (χ2v) is 6.67. The van der Waals surface area contributed by atoms with Gasteiger partial charge in [0.2, 0.25) is 0 Å². The lowest BCUT2D eigenvalue weighted by atomic mass is 10.1. The van der Waals surface area contributed by atoms with E-state index in [1.165, 1.54) is 16.5 Å². The molecule has 0 saturated carbocycles. The van der Waals surface area contributed by atoms with Gasteiger partial charge in [-0.15, -0.1) is 11.3 Å². The van der Waals surface area contributed by atoms with Gasteiger partial charge in [0, 0.05) is 15.6 Å². The van der Waals surface area contributed by atoms with Gasteiger partial charge in [0.15, 0.2) is 0 Å². The molecular formula is C16H16FNS2. The summed E-state index contributed by atoms with van der Waals surface area (Å²) in [4.78, 5) is 1.28. The molecule has 0 saturated heterocycles. The van der Waals surface area contributed by atoms with Crippen molar-refractivity contribution in [3.05, 3.63) is 57.3 Å². The van der Waals surface area contributed by atoms with E-state index in [0.29, 0.717) is 6.04 Å². The van der Waals surface area contributed by atoms with E-state index in [1.54, 1.807) is 28.7 Å². The van der Waals surface area contributed by atoms with Gasteiger partial charge in [0.05, 0.1) is 0 Å². The third-order valence-electron chi connectivity index (χ3n) is 3.32. The minimum Gasteiger partial charge on any atom is -0.309 e. The van der Waals surface area contributed by atoms with Crippen LogP contribution in [0.25, 0.3) is 10.1 Å². The molecule has 1 N–H and O–H groups in total. The average molecular weight is 305 g/mol. The maximum Gasteiger partial charge on any atom is 0.124 e. The van der Waals surface area contributed by atoms with Gasteiger partial charge < -0.3 is 5.32 Å². The van der Waals surface area contributed by atoms with E-state index >= 15 is 0 Å². The average Bonchev–Trinajstić information content (AvgIpc) is 3.06. The van der Waals surface area contributed by atoms with Crippen molar-refractivity contribution in [2.45, 2.75) is 19.4 Å². The third-order valence-corrected chi connectivity index (χ3v) is 5.26. The first-order valence-electron chi connectivity index (χ1n) is 6.69. The van der Waals surface area contributed by atoms with E-state index in [4.69, 9.17) is 0 Å². The van der Waals surface area contributed by atoms with Gasteiger partial charge in [-0.2, -0.15) is 11.3 Å². The summed E-state index contributed by atoms with van der Waals surface area (Å²) in [5.41, 5.74) is 1.35. The first-order valence-corrected chi connectivity index (χ1v) is 8.45. The fraction of sp³-hybridized carbons (Fsp3) is 0.250. The molecule has 20 heavy (non-hydrogen) atoms. The highest BCUT2D eigenvalue weighted by Crippen LogP contribution is 2.32. The summed E-state index contributed by atoms with van der Waals surface area (Å²) in [7, 11) is 0. The predicted octanol–water partition coefficient (Wildman–Crippen LogP) is 5.00. The molecule has 3 aromatic rings. The zero-order valence-corrected chi connectivity index (χ0v) is 12.9. The summed E-state index contributed by atoms with van der Waals surface area (Å²) in [6.07, 6.45) is 0.979. The standard InChI is InChI=1S/C16H16FNS2/c1-2-18-14(7-11-5-6-19-10-11)16-8-12-3-4-13(17)9-15(12)20-16/h3-6,8-10,14,18H,2,7H2,1H3. The SMILES string of the molecule is CCNC(Cc1ccsc1)c1cc2ccc(F)cc2s1. The lowest BCUT2D eigenvalue weighted by molar-refractivity contribution is 0.559. The zero-order valence-electron chi connectivity index (χ0n) is 11.2. The maximum atomic E-state index is 13.3. The number of hydrogen-bond acceptors (Lipinski definition) is 3. The summed E-state index contributed by atoms with van der Waals surface area (Å²) in [5, 5.41) is 8.96. The molecular weight excluding hydrogens is 289 g/mol. The second-order valence-electron chi connectivity index (χ2n) is 4.78. The summed E-state index contributed by atoms with van der Waals surface area (Å²) in [6, 6.07) is 9.66. The molecule has 2 heterocycles. The van der Waals surface area contributed by atoms with Crippen LogP contribution in [0, 0.1) is 5.82 Å². The predicted molar refractivity (Wildman–Crippen MR) is 86.2 cm³/mol. The molecule has 0 aliphatic rings. The highest BCUT2D eigenvalue weighted by molar-refractivity contribution is 7.19. The Morgan fingerprint density at radius 1 is 1.25 bits per heavy atom. The van der Waals surface area contributed by atoms with Crippen molar-refractivity contribution in [3.8, 4) is 0 Å². The fourth-order valence-corrected chi connectivity index (χ4v) is 4.21. The van der Waals surface area contributed by atoms with E-state index in [9.17, 15) is 4.39 Å². The molecule has 0 bridgehead atoms. The normalized spacial score (nSPS) is 12.9. The lowest BCUT2D eigenvalue weighted by Crippen LogP contribution is -2.21. The van der Waals surface area contributed by atoms with Crippen molar-refractivity contribution in [1.29, 1.82) is 0 Å². The first-order chi connectivity index (χ1) is 9.76. The van der Waals surface area contributed by atoms with Gasteiger partial charge in [-0.3, -0.25) is 0 Å². The van der Waals surface area contributed by atoms with Crippen molar-refractivity contribution < 1.29 is 4.39 Å². The minimum atomic E-state index is -0.163. The van der Waals surface area contributed by atoms with Gasteiger partial charge >= 0.3 is 0 Å². The number of fused-ring (bicyclic) bond motifs is 1. The van der Waals surface area contributed by atoms with Crippen LogP contribution in [0.15, 0.2) is 41.1 Å². The van der Waals surface area contributed by atoms with Crippen LogP contribution in [-0.2, 0) is 6.42 Å². The Morgan fingerprint density at radius 3 is 2.90 bits per heavy atom. The summed E-state index contributed by atoms with van der Waals surface area (Å²) in [6.45, 7) is 3.05. The number of likely N-dealkylation sites (N-methyl/N-ethyl adjacent to an activating group) is 1. The quantitative estimate of drug-likeness (QED) is 0.700. The lowest BCUT2D eigenvalue weighted by Gasteiger charge is -2.15. The molecule has 0 aliphatic carbocycles. The Morgan fingerprint density at radius 2 is 2.15 bits per heavy atom. The molecule has 0 aliphatic heterocycles. The molecule has 0 radical (unpaired) electrons. The van der Waals surface area contributed by atoms with Gasteiger partial charge in [-0.1, -0.05) is 13.0 Å². The van der Waals surface area contributed by atoms with Crippen molar-refractivity contribution >= 4 is 32.8 Å². The Bertz CT molecular complexity index is 688. The van der Waals surface area contributed by atoms with Crippen molar-refractivity contribution in [2.75, 3.05) is 6.54 Å². The van der Waals surface area contributed by atoms with Crippen LogP contribution in [-0.4, -0.2) is 6.54 Å². The Balaban J connectivity index is 1.92. The fourth-order valence-electron chi connectivity index (χ4n) is 2.36. The summed E-state index contributed by atoms with van der Waals surface area (Å²) in [5.74, 6) is -0.163. The molecule has 2 aromatic heterocycles. The smallest absolute Gasteiger partial charge is 0.124 e. The Hall–Kier alpha value is -1.23. The van der Waals surface area contributed by atoms with E-state index in [0.717, 1.165) is 23.1 Å². The van der Waals surface area contributed by atoms with Gasteiger partial charge in [0.1, 0.15) is 5.82 Å². The monoisotopic (exact) mass is 305 g/mol. The van der Waals surface area contributed by atoms with Gasteiger partial charge in [0.25, 0.3) is 0 Å². The van der Waals surface area contributed by atoms with Crippen LogP contribution in [0.2, 0.25) is 0 Å². The van der Waals surface area contributed by atoms with Crippen LogP contribution in [0.5, 0.6) is 0 Å². The van der Waals surface area contributed by atoms with Crippen LogP contribution in [0.1, 0.15) is 23.4 Å². The van der Waals surface area contributed by atoms with Crippen LogP contribution in [0.4, 0.5) is 4.39 Å². The molecule has 0 spiro atoms. The van der Waals surface area contributed by atoms with Crippen LogP contribution < -0.4 is 5.32 Å². The van der Waals surface area contributed by atoms with Crippen LogP contribution in [0.3, 0.4) is 0 Å². The maximum absolute atomic E-state index is 13.3. The third kappa shape index (κ3) is 2.92. The van der Waals surface area contributed by atoms with E-state index in [2.05, 4.69) is 35.1 Å². The number of benzene rings is 1. The Kier molecular flexibility index (Phi) is 4.15. The highest BCUT2D eigenvalue weighted by atomic mass is 32.1. The molecule has 0 fully saturated rings. The molecule has 1 aromatic carbocycles. The minimum absolute atomic E-state index is 0.163. The van der Waals surface area contributed by atoms with Crippen molar-refractivity contribution in [3.63, 3.8) is 0 Å². The number of thiophene rings is 2. The van der Waals surface area contributed by atoms with Crippen molar-refractivity contribution in [2.24, 2.45) is 0 Å². The van der Waals surface area contributed by atoms with Crippen molar-refractivity contribution in [1.82, 2.24) is 5.32 Å². The summed E-state index contributed by atoms with van der Waals surface area (Å²) < 4.78 is 14.3. The molecule has 1 nitrogen and oxygen atoms in total. The molecule has 0 amide bonds. The van der Waals surface area contributed by atoms with Crippen LogP contribution >= 0.6 is 22.7 Å². The van der Waals surface area contributed by atoms with E-state index in [1.807, 2.05) is 6.07 Å². The van der Waals surface area contributed by atoms with E-state index < -0.39 is 0 Å². The number of hydrogen-bond donors (Lipinski definition) is 1. The molecule has 104 valence electrons. The number of nitrogens with one attached hydrogen (secondary N) is 1. The topological polar surface area (TPSA) is 12.0 Å². The molecule has 1 unspecified atom stereocenters. The number of halogens is 1. The first kappa shape index (κ1) is 13.7. The highest BCUT2D eigenvalue weighted by Gasteiger charge is 2.15. The Labute approximate surface area is 126 Å². The second kappa shape index (κ2) is 6.04. The number of rotatable bonds is 5. The summed E-state index contributed by atoms with van der Waals surface area (Å²) >= 11 is 3.41. The zero-order chi connectivity index (χ0) is 13.9. The largest absolute Gasteiger partial charge is 0.309 e.